The van der Waals surface area contributed by atoms with Gasteiger partial charge < -0.3 is 10.6 Å². The van der Waals surface area contributed by atoms with Crippen molar-refractivity contribution in [2.45, 2.75) is 12.8 Å². The highest BCUT2D eigenvalue weighted by molar-refractivity contribution is 9.10. The number of benzene rings is 1. The van der Waals surface area contributed by atoms with Crippen molar-refractivity contribution in [1.82, 2.24) is 10.6 Å². The van der Waals surface area contributed by atoms with E-state index in [-0.39, 0.29) is 11.5 Å². The van der Waals surface area contributed by atoms with E-state index in [1.54, 1.807) is 12.1 Å². The molecule has 18 heavy (non-hydrogen) atoms. The van der Waals surface area contributed by atoms with E-state index < -0.39 is 5.82 Å². The summed E-state index contributed by atoms with van der Waals surface area (Å²) in [5.74, 6) is -0.349. The van der Waals surface area contributed by atoms with Gasteiger partial charge in [-0.3, -0.25) is 4.79 Å². The van der Waals surface area contributed by atoms with Crippen LogP contribution in [0.5, 0.6) is 0 Å². The van der Waals surface area contributed by atoms with Crippen LogP contribution in [0.3, 0.4) is 0 Å². The molecule has 1 saturated heterocycles. The normalized spacial score (nSPS) is 16.6. The molecule has 0 radical (unpaired) electrons. The Hall–Kier alpha value is -0.940. The molecule has 1 aromatic carbocycles. The van der Waals surface area contributed by atoms with Crippen LogP contribution in [-0.4, -0.2) is 25.5 Å². The number of amides is 1. The molecule has 1 fully saturated rings. The monoisotopic (exact) mass is 314 g/mol. The standard InChI is InChI=1S/C13H16BrFN2O/c14-11-3-1-2-10(12(11)15)13(18)17-8-9-4-6-16-7-5-9/h1-3,9,16H,4-8H2,(H,17,18). The number of carbonyl (C=O) groups is 1. The van der Waals surface area contributed by atoms with Crippen molar-refractivity contribution < 1.29 is 9.18 Å². The quantitative estimate of drug-likeness (QED) is 0.899. The number of nitrogens with one attached hydrogen (secondary N) is 2. The first-order valence-corrected chi connectivity index (χ1v) is 6.90. The van der Waals surface area contributed by atoms with E-state index in [1.165, 1.54) is 6.07 Å². The molecule has 1 heterocycles. The Bertz CT molecular complexity index is 433. The highest BCUT2D eigenvalue weighted by Gasteiger charge is 2.17. The van der Waals surface area contributed by atoms with Crippen LogP contribution in [0.4, 0.5) is 4.39 Å². The van der Waals surface area contributed by atoms with Gasteiger partial charge >= 0.3 is 0 Å². The zero-order chi connectivity index (χ0) is 13.0. The Balaban J connectivity index is 1.93. The summed E-state index contributed by atoms with van der Waals surface area (Å²) in [7, 11) is 0. The van der Waals surface area contributed by atoms with Gasteiger partial charge in [0.2, 0.25) is 0 Å². The van der Waals surface area contributed by atoms with E-state index in [0.717, 1.165) is 25.9 Å². The van der Waals surface area contributed by atoms with Gasteiger partial charge in [-0.25, -0.2) is 4.39 Å². The van der Waals surface area contributed by atoms with Gasteiger partial charge in [0.25, 0.3) is 5.91 Å². The summed E-state index contributed by atoms with van der Waals surface area (Å²) in [5.41, 5.74) is 0.0957. The van der Waals surface area contributed by atoms with Crippen LogP contribution in [0.2, 0.25) is 0 Å². The second kappa shape index (κ2) is 6.29. The smallest absolute Gasteiger partial charge is 0.254 e. The van der Waals surface area contributed by atoms with Crippen molar-refractivity contribution in [2.75, 3.05) is 19.6 Å². The molecular weight excluding hydrogens is 299 g/mol. The van der Waals surface area contributed by atoms with Crippen molar-refractivity contribution in [2.24, 2.45) is 5.92 Å². The summed E-state index contributed by atoms with van der Waals surface area (Å²) in [6.45, 7) is 2.60. The van der Waals surface area contributed by atoms with E-state index in [2.05, 4.69) is 26.6 Å². The third-order valence-electron chi connectivity index (χ3n) is 3.21. The molecule has 1 amide bonds. The summed E-state index contributed by atoms with van der Waals surface area (Å²) >= 11 is 3.08. The van der Waals surface area contributed by atoms with Crippen LogP contribution in [0, 0.1) is 11.7 Å². The minimum absolute atomic E-state index is 0.0957. The summed E-state index contributed by atoms with van der Waals surface area (Å²) in [5, 5.41) is 6.08. The predicted octanol–water partition coefficient (Wildman–Crippen LogP) is 2.32. The first-order chi connectivity index (χ1) is 8.68. The minimum Gasteiger partial charge on any atom is -0.352 e. The van der Waals surface area contributed by atoms with E-state index in [1.807, 2.05) is 0 Å². The predicted molar refractivity (Wildman–Crippen MR) is 72.0 cm³/mol. The fourth-order valence-electron chi connectivity index (χ4n) is 2.10. The second-order valence-corrected chi connectivity index (χ2v) is 5.36. The highest BCUT2D eigenvalue weighted by atomic mass is 79.9. The van der Waals surface area contributed by atoms with E-state index in [9.17, 15) is 9.18 Å². The van der Waals surface area contributed by atoms with Crippen molar-refractivity contribution in [1.29, 1.82) is 0 Å². The van der Waals surface area contributed by atoms with Gasteiger partial charge in [-0.1, -0.05) is 6.07 Å². The molecule has 1 aliphatic heterocycles. The largest absolute Gasteiger partial charge is 0.352 e. The Kier molecular flexibility index (Phi) is 4.72. The fraction of sp³-hybridized carbons (Fsp3) is 0.462. The number of hydrogen-bond acceptors (Lipinski definition) is 2. The summed E-state index contributed by atoms with van der Waals surface area (Å²) in [6, 6.07) is 4.74. The SMILES string of the molecule is O=C(NCC1CCNCC1)c1cccc(Br)c1F. The molecule has 2 rings (SSSR count). The van der Waals surface area contributed by atoms with Gasteiger partial charge in [-0.05, 0) is 59.9 Å². The van der Waals surface area contributed by atoms with Crippen molar-refractivity contribution in [3.63, 3.8) is 0 Å². The lowest BCUT2D eigenvalue weighted by molar-refractivity contribution is 0.0940. The molecular formula is C13H16BrFN2O. The third kappa shape index (κ3) is 3.29. The first-order valence-electron chi connectivity index (χ1n) is 6.11. The number of rotatable bonds is 3. The number of carbonyl (C=O) groups excluding carboxylic acids is 1. The lowest BCUT2D eigenvalue weighted by Crippen LogP contribution is -2.36. The third-order valence-corrected chi connectivity index (χ3v) is 3.82. The van der Waals surface area contributed by atoms with E-state index in [4.69, 9.17) is 0 Å². The molecule has 3 nitrogen and oxygen atoms in total. The van der Waals surface area contributed by atoms with Gasteiger partial charge in [0.1, 0.15) is 5.82 Å². The number of piperidine rings is 1. The van der Waals surface area contributed by atoms with Crippen LogP contribution < -0.4 is 10.6 Å². The van der Waals surface area contributed by atoms with Gasteiger partial charge in [0.05, 0.1) is 10.0 Å². The topological polar surface area (TPSA) is 41.1 Å². The molecule has 1 aliphatic rings. The van der Waals surface area contributed by atoms with Gasteiger partial charge in [0.15, 0.2) is 0 Å². The Morgan fingerprint density at radius 2 is 2.17 bits per heavy atom. The van der Waals surface area contributed by atoms with Crippen molar-refractivity contribution in [3.05, 3.63) is 34.1 Å². The Labute approximate surface area is 114 Å². The summed E-state index contributed by atoms with van der Waals surface area (Å²) in [6.07, 6.45) is 2.11. The molecule has 0 atom stereocenters. The molecule has 0 bridgehead atoms. The van der Waals surface area contributed by atoms with E-state index >= 15 is 0 Å². The Morgan fingerprint density at radius 1 is 1.44 bits per heavy atom. The summed E-state index contributed by atoms with van der Waals surface area (Å²) < 4.78 is 14.0. The van der Waals surface area contributed by atoms with Crippen LogP contribution in [0.25, 0.3) is 0 Å². The maximum Gasteiger partial charge on any atom is 0.254 e. The zero-order valence-electron chi connectivity index (χ0n) is 10.0. The molecule has 0 saturated carbocycles. The zero-order valence-corrected chi connectivity index (χ0v) is 11.6. The van der Waals surface area contributed by atoms with Crippen LogP contribution >= 0.6 is 15.9 Å². The lowest BCUT2D eigenvalue weighted by Gasteiger charge is -2.22. The molecule has 0 aliphatic carbocycles. The van der Waals surface area contributed by atoms with Crippen LogP contribution in [-0.2, 0) is 0 Å². The maximum absolute atomic E-state index is 13.7. The van der Waals surface area contributed by atoms with Crippen molar-refractivity contribution >= 4 is 21.8 Å². The van der Waals surface area contributed by atoms with Gasteiger partial charge in [-0.2, -0.15) is 0 Å². The highest BCUT2D eigenvalue weighted by Crippen LogP contribution is 2.18. The molecule has 5 heteroatoms. The molecule has 0 unspecified atom stereocenters. The molecule has 2 N–H and O–H groups in total. The van der Waals surface area contributed by atoms with Gasteiger partial charge in [-0.15, -0.1) is 0 Å². The summed E-state index contributed by atoms with van der Waals surface area (Å²) in [4.78, 5) is 11.9. The molecule has 0 spiro atoms. The maximum atomic E-state index is 13.7. The first kappa shape index (κ1) is 13.5. The fourth-order valence-corrected chi connectivity index (χ4v) is 2.46. The second-order valence-electron chi connectivity index (χ2n) is 4.50. The molecule has 98 valence electrons. The lowest BCUT2D eigenvalue weighted by atomic mass is 9.98. The average molecular weight is 315 g/mol. The number of hydrogen-bond donors (Lipinski definition) is 2. The number of halogens is 2. The van der Waals surface area contributed by atoms with Gasteiger partial charge in [0, 0.05) is 6.54 Å². The minimum atomic E-state index is -0.500. The van der Waals surface area contributed by atoms with Crippen LogP contribution in [0.1, 0.15) is 23.2 Å². The van der Waals surface area contributed by atoms with Crippen molar-refractivity contribution in [3.8, 4) is 0 Å². The Morgan fingerprint density at radius 3 is 2.89 bits per heavy atom. The molecule has 0 aromatic heterocycles. The average Bonchev–Trinajstić information content (AvgIpc) is 2.40. The molecule has 1 aromatic rings. The van der Waals surface area contributed by atoms with E-state index in [0.29, 0.717) is 16.9 Å². The van der Waals surface area contributed by atoms with Crippen LogP contribution in [0.15, 0.2) is 22.7 Å².